The van der Waals surface area contributed by atoms with Crippen LogP contribution in [0.25, 0.3) is 5.73 Å². The first kappa shape index (κ1) is 11.2. The van der Waals surface area contributed by atoms with Gasteiger partial charge in [-0.25, -0.2) is 0 Å². The predicted molar refractivity (Wildman–Crippen MR) is 40.4 cm³/mol. The van der Waals surface area contributed by atoms with E-state index in [-0.39, 0.29) is 51.4 Å². The minimum atomic E-state index is 0. The molecule has 1 aromatic carbocycles. The molecule has 0 aliphatic heterocycles. The molecule has 1 rings (SSSR count). The van der Waals surface area contributed by atoms with E-state index in [1.54, 1.807) is 6.07 Å². The molecule has 0 bridgehead atoms. The number of hydrogen-bond donors (Lipinski definition) is 0. The van der Waals surface area contributed by atoms with E-state index < -0.39 is 0 Å². The molecule has 0 spiro atoms. The summed E-state index contributed by atoms with van der Waals surface area (Å²) in [5.74, 6) is 0. The summed E-state index contributed by atoms with van der Waals surface area (Å²) in [4.78, 5) is 0. The van der Waals surface area contributed by atoms with Crippen LogP contribution in [0.2, 0.25) is 10.0 Å². The van der Waals surface area contributed by atoms with Crippen molar-refractivity contribution in [3.63, 3.8) is 0 Å². The van der Waals surface area contributed by atoms with Crippen molar-refractivity contribution in [3.8, 4) is 0 Å². The average molecular weight is 200 g/mol. The van der Waals surface area contributed by atoms with Gasteiger partial charge in [0, 0.05) is 10.0 Å². The summed E-state index contributed by atoms with van der Waals surface area (Å²) in [6.07, 6.45) is 0. The van der Waals surface area contributed by atoms with Gasteiger partial charge in [-0.1, -0.05) is 35.3 Å². The number of halogens is 2. The summed E-state index contributed by atoms with van der Waals surface area (Å²) >= 11 is 11.1. The Labute approximate surface area is 112 Å². The van der Waals surface area contributed by atoms with Gasteiger partial charge in [0.25, 0.3) is 0 Å². The van der Waals surface area contributed by atoms with E-state index >= 15 is 0 Å². The van der Waals surface area contributed by atoms with Crippen LogP contribution < -0.4 is 51.4 Å². The molecule has 0 unspecified atom stereocenters. The molecule has 0 aliphatic rings. The predicted octanol–water partition coefficient (Wildman–Crippen LogP) is 0.681. The minimum absolute atomic E-state index is 0. The van der Waals surface area contributed by atoms with Crippen molar-refractivity contribution in [1.82, 2.24) is 0 Å². The molecule has 0 amide bonds. The molecule has 0 atom stereocenters. The van der Waals surface area contributed by atoms with Crippen LogP contribution in [0.15, 0.2) is 18.2 Å². The maximum Gasteiger partial charge on any atom is 1.00 e. The van der Waals surface area contributed by atoms with E-state index in [0.717, 1.165) is 0 Å². The van der Waals surface area contributed by atoms with Crippen LogP contribution in [0.4, 0.5) is 5.69 Å². The first-order chi connectivity index (χ1) is 4.18. The fraction of sp³-hybridized carbons (Fsp3) is 0. The number of rotatable bonds is 0. The Morgan fingerprint density at radius 2 is 1.40 bits per heavy atom. The van der Waals surface area contributed by atoms with Gasteiger partial charge >= 0.3 is 51.4 Å². The van der Waals surface area contributed by atoms with Gasteiger partial charge in [-0.2, -0.15) is 0 Å². The summed E-state index contributed by atoms with van der Waals surface area (Å²) in [6, 6.07) is 4.67. The quantitative estimate of drug-likeness (QED) is 0.550. The van der Waals surface area contributed by atoms with Gasteiger partial charge in [0.15, 0.2) is 0 Å². The smallest absolute Gasteiger partial charge is 0.699 e. The third-order valence-electron chi connectivity index (χ3n) is 0.863. The van der Waals surface area contributed by atoms with Crippen LogP contribution in [0, 0.1) is 0 Å². The van der Waals surface area contributed by atoms with E-state index in [1.807, 2.05) is 0 Å². The molecule has 0 aliphatic carbocycles. The number of benzene rings is 1. The van der Waals surface area contributed by atoms with Gasteiger partial charge in [0.05, 0.1) is 0 Å². The van der Waals surface area contributed by atoms with Crippen LogP contribution in [0.3, 0.4) is 0 Å². The number of hydrogen-bond acceptors (Lipinski definition) is 0. The van der Waals surface area contributed by atoms with Gasteiger partial charge in [0.2, 0.25) is 0 Å². The van der Waals surface area contributed by atoms with Crippen molar-refractivity contribution >= 4 is 28.9 Å². The first-order valence-corrected chi connectivity index (χ1v) is 3.12. The van der Waals surface area contributed by atoms with Crippen molar-refractivity contribution < 1.29 is 51.4 Å². The van der Waals surface area contributed by atoms with Gasteiger partial charge < -0.3 is 5.73 Å². The zero-order chi connectivity index (χ0) is 6.85. The Bertz CT molecular complexity index is 177. The number of nitrogens with one attached hydrogen (secondary N) is 1. The summed E-state index contributed by atoms with van der Waals surface area (Å²) in [5, 5.41) is 1.01. The molecule has 1 N–H and O–H groups in total. The van der Waals surface area contributed by atoms with E-state index in [2.05, 4.69) is 0 Å². The molecule has 0 radical (unpaired) electrons. The van der Waals surface area contributed by atoms with Crippen molar-refractivity contribution in [2.24, 2.45) is 0 Å². The van der Waals surface area contributed by atoms with Crippen LogP contribution in [0.5, 0.6) is 0 Å². The zero-order valence-electron chi connectivity index (χ0n) is 5.49. The summed E-state index contributed by atoms with van der Waals surface area (Å²) in [7, 11) is 0. The third-order valence-corrected chi connectivity index (χ3v) is 1.30. The monoisotopic (exact) mass is 199 g/mol. The Kier molecular flexibility index (Phi) is 5.60. The molecule has 0 saturated heterocycles. The van der Waals surface area contributed by atoms with E-state index in [1.165, 1.54) is 12.1 Å². The molecule has 1 nitrogen and oxygen atoms in total. The standard InChI is InChI=1S/C6H4Cl2N.K/c7-4-1-5(8)3-6(9)2-4;/h1-3,9H;/q-1;+1. The molecule has 0 heterocycles. The van der Waals surface area contributed by atoms with E-state index in [9.17, 15) is 0 Å². The molecule has 0 fully saturated rings. The summed E-state index contributed by atoms with van der Waals surface area (Å²) in [5.41, 5.74) is 7.45. The second kappa shape index (κ2) is 4.98. The Morgan fingerprint density at radius 3 is 1.70 bits per heavy atom. The van der Waals surface area contributed by atoms with Crippen LogP contribution in [-0.4, -0.2) is 0 Å². The second-order valence-corrected chi connectivity index (χ2v) is 2.53. The summed E-state index contributed by atoms with van der Waals surface area (Å²) in [6.45, 7) is 0. The molecule has 1 aromatic rings. The minimum Gasteiger partial charge on any atom is -0.699 e. The Morgan fingerprint density at radius 1 is 1.00 bits per heavy atom. The van der Waals surface area contributed by atoms with E-state index in [4.69, 9.17) is 28.9 Å². The van der Waals surface area contributed by atoms with Crippen molar-refractivity contribution in [2.45, 2.75) is 0 Å². The molecular weight excluding hydrogens is 196 g/mol. The molecule has 0 aromatic heterocycles. The largest absolute Gasteiger partial charge is 1.00 e. The first-order valence-electron chi connectivity index (χ1n) is 2.36. The molecular formula is C6H4Cl2KN. The Balaban J connectivity index is 0.000000810. The zero-order valence-corrected chi connectivity index (χ0v) is 10.1. The normalized spacial score (nSPS) is 8.60. The molecule has 0 saturated carbocycles. The van der Waals surface area contributed by atoms with Crippen LogP contribution >= 0.6 is 23.2 Å². The van der Waals surface area contributed by atoms with Crippen LogP contribution in [0.1, 0.15) is 0 Å². The van der Waals surface area contributed by atoms with Gasteiger partial charge in [-0.15, -0.1) is 5.69 Å². The average Bonchev–Trinajstić information content (AvgIpc) is 1.59. The van der Waals surface area contributed by atoms with Crippen LogP contribution in [-0.2, 0) is 0 Å². The molecule has 10 heavy (non-hydrogen) atoms. The van der Waals surface area contributed by atoms with Gasteiger partial charge in [0.1, 0.15) is 0 Å². The maximum absolute atomic E-state index is 7.11. The van der Waals surface area contributed by atoms with Gasteiger partial charge in [-0.05, 0) is 6.07 Å². The molecule has 4 heteroatoms. The van der Waals surface area contributed by atoms with Crippen molar-refractivity contribution in [1.29, 1.82) is 0 Å². The van der Waals surface area contributed by atoms with Crippen molar-refractivity contribution in [2.75, 3.05) is 0 Å². The Hall–Kier alpha value is 1.24. The second-order valence-electron chi connectivity index (χ2n) is 1.66. The maximum atomic E-state index is 7.11. The van der Waals surface area contributed by atoms with Gasteiger partial charge in [-0.3, -0.25) is 0 Å². The SMILES string of the molecule is [K+].[NH-]c1cc(Cl)cc(Cl)c1. The topological polar surface area (TPSA) is 23.8 Å². The molecule has 48 valence electrons. The third kappa shape index (κ3) is 3.58. The fourth-order valence-corrected chi connectivity index (χ4v) is 1.08. The van der Waals surface area contributed by atoms with E-state index in [0.29, 0.717) is 15.7 Å². The van der Waals surface area contributed by atoms with Crippen molar-refractivity contribution in [3.05, 3.63) is 34.0 Å². The fourth-order valence-electron chi connectivity index (χ4n) is 0.554. The summed E-state index contributed by atoms with van der Waals surface area (Å²) < 4.78 is 0.